The van der Waals surface area contributed by atoms with Crippen LogP contribution in [0.3, 0.4) is 0 Å². The van der Waals surface area contributed by atoms with Gasteiger partial charge >= 0.3 is 0 Å². The van der Waals surface area contributed by atoms with Gasteiger partial charge in [0.2, 0.25) is 5.95 Å². The Morgan fingerprint density at radius 2 is 1.95 bits per heavy atom. The number of nitrogens with one attached hydrogen (secondary N) is 2. The number of nitrogens with zero attached hydrogens (tertiary/aromatic N) is 7. The number of hydrogen-bond acceptors (Lipinski definition) is 9. The summed E-state index contributed by atoms with van der Waals surface area (Å²) in [5.41, 5.74) is 2.96. The lowest BCUT2D eigenvalue weighted by Crippen LogP contribution is -2.55. The summed E-state index contributed by atoms with van der Waals surface area (Å²) in [7, 11) is 0. The van der Waals surface area contributed by atoms with Crippen LogP contribution in [-0.4, -0.2) is 49.7 Å². The molecule has 1 saturated carbocycles. The Morgan fingerprint density at radius 3 is 2.73 bits per heavy atom. The van der Waals surface area contributed by atoms with Crippen LogP contribution in [0.15, 0.2) is 42.9 Å². The summed E-state index contributed by atoms with van der Waals surface area (Å²) in [6.45, 7) is 6.53. The van der Waals surface area contributed by atoms with Crippen molar-refractivity contribution in [1.82, 2.24) is 25.1 Å². The van der Waals surface area contributed by atoms with Crippen molar-refractivity contribution < 1.29 is 9.53 Å². The van der Waals surface area contributed by atoms with Crippen molar-refractivity contribution in [2.45, 2.75) is 58.5 Å². The zero-order valence-corrected chi connectivity index (χ0v) is 22.8. The smallest absolute Gasteiger partial charge is 0.254 e. The molecule has 1 aromatic carbocycles. The minimum Gasteiger partial charge on any atom is -0.492 e. The number of ether oxygens (including phenoxy) is 1. The molecule has 2 N–H and O–H groups in total. The normalized spacial score (nSPS) is 20.8. The first-order valence-corrected chi connectivity index (χ1v) is 13.7. The Balaban J connectivity index is 1.43. The molecule has 204 valence electrons. The molecule has 11 nitrogen and oxygen atoms in total. The van der Waals surface area contributed by atoms with Crippen molar-refractivity contribution in [3.63, 3.8) is 0 Å². The van der Waals surface area contributed by atoms with E-state index in [1.807, 2.05) is 19.9 Å². The molecule has 0 saturated heterocycles. The van der Waals surface area contributed by atoms with Crippen LogP contribution in [-0.2, 0) is 4.79 Å². The largest absolute Gasteiger partial charge is 0.492 e. The summed E-state index contributed by atoms with van der Waals surface area (Å²) in [4.78, 5) is 31.7. The molecular weight excluding hydrogens is 506 g/mol. The summed E-state index contributed by atoms with van der Waals surface area (Å²) >= 11 is 0. The third-order valence-corrected chi connectivity index (χ3v) is 7.80. The maximum atomic E-state index is 14.0. The summed E-state index contributed by atoms with van der Waals surface area (Å²) in [6.07, 6.45) is 9.30. The van der Waals surface area contributed by atoms with Crippen LogP contribution in [0.5, 0.6) is 5.75 Å². The van der Waals surface area contributed by atoms with Gasteiger partial charge in [0.05, 0.1) is 42.1 Å². The SMILES string of the molecule is CCOc1ccc(N2C(=O)[C@@H](C)N([C@H]3CC[C@H](C)CC3)c3nc(Nc4cnc5[nH]ncc5c4)ncc32)cc1C#N. The molecule has 1 fully saturated rings. The second-order valence-corrected chi connectivity index (χ2v) is 10.5. The first-order chi connectivity index (χ1) is 19.5. The molecule has 0 spiro atoms. The van der Waals surface area contributed by atoms with E-state index in [1.54, 1.807) is 41.7 Å². The second-order valence-electron chi connectivity index (χ2n) is 10.5. The standard InChI is InChI=1S/C29H31N9O2/c1-4-40-25-10-9-23(12-19(25)13-30)38-24-16-32-29(34-21-11-20-14-33-36-26(20)31-15-21)35-27(24)37(18(3)28(38)39)22-7-5-17(2)6-8-22/h9-12,14-18,22H,4-8H2,1-3H3,(H,31,33,36)(H,32,34,35)/t17-,18-,22-/m1/s1. The number of benzene rings is 1. The van der Waals surface area contributed by atoms with Crippen molar-refractivity contribution in [2.24, 2.45) is 5.92 Å². The van der Waals surface area contributed by atoms with Gasteiger partial charge in [0.1, 0.15) is 23.5 Å². The van der Waals surface area contributed by atoms with E-state index in [2.05, 4.69) is 43.4 Å². The Hall–Kier alpha value is -4.72. The monoisotopic (exact) mass is 537 g/mol. The molecule has 0 bridgehead atoms. The first-order valence-electron chi connectivity index (χ1n) is 13.7. The predicted molar refractivity (Wildman–Crippen MR) is 152 cm³/mol. The fourth-order valence-electron chi connectivity index (χ4n) is 5.72. The highest BCUT2D eigenvalue weighted by Gasteiger charge is 2.42. The van der Waals surface area contributed by atoms with Crippen LogP contribution in [0, 0.1) is 17.2 Å². The van der Waals surface area contributed by atoms with Crippen molar-refractivity contribution in [3.8, 4) is 11.8 Å². The zero-order valence-electron chi connectivity index (χ0n) is 22.8. The molecule has 4 heterocycles. The first kappa shape index (κ1) is 25.6. The molecule has 40 heavy (non-hydrogen) atoms. The van der Waals surface area contributed by atoms with E-state index in [1.165, 1.54) is 0 Å². The number of pyridine rings is 1. The number of carbonyl (C=O) groups is 1. The third-order valence-electron chi connectivity index (χ3n) is 7.80. The van der Waals surface area contributed by atoms with Crippen LogP contribution in [0.25, 0.3) is 11.0 Å². The molecule has 2 aliphatic rings. The lowest BCUT2D eigenvalue weighted by Gasteiger charge is -2.46. The summed E-state index contributed by atoms with van der Waals surface area (Å²) < 4.78 is 5.61. The number of carbonyl (C=O) groups excluding carboxylic acids is 1. The van der Waals surface area contributed by atoms with Crippen LogP contribution in [0.1, 0.15) is 52.0 Å². The number of anilines is 5. The van der Waals surface area contributed by atoms with E-state index in [0.717, 1.165) is 36.8 Å². The number of nitriles is 1. The van der Waals surface area contributed by atoms with Gasteiger partial charge in [-0.15, -0.1) is 0 Å². The van der Waals surface area contributed by atoms with Gasteiger partial charge in [-0.05, 0) is 69.7 Å². The highest BCUT2D eigenvalue weighted by Crippen LogP contribution is 2.43. The number of fused-ring (bicyclic) bond motifs is 2. The molecule has 1 amide bonds. The van der Waals surface area contributed by atoms with E-state index in [9.17, 15) is 10.1 Å². The maximum Gasteiger partial charge on any atom is 0.254 e. The lowest BCUT2D eigenvalue weighted by molar-refractivity contribution is -0.119. The van der Waals surface area contributed by atoms with Crippen molar-refractivity contribution >= 4 is 45.8 Å². The van der Waals surface area contributed by atoms with Crippen molar-refractivity contribution in [2.75, 3.05) is 21.7 Å². The van der Waals surface area contributed by atoms with Crippen LogP contribution < -0.4 is 19.9 Å². The van der Waals surface area contributed by atoms with Gasteiger partial charge in [-0.3, -0.25) is 14.8 Å². The molecule has 0 unspecified atom stereocenters. The minimum absolute atomic E-state index is 0.0851. The average Bonchev–Trinajstić information content (AvgIpc) is 3.43. The van der Waals surface area contributed by atoms with Gasteiger partial charge in [-0.25, -0.2) is 9.97 Å². The number of aromatic amines is 1. The number of aromatic nitrogens is 5. The molecule has 0 radical (unpaired) electrons. The number of hydrogen-bond donors (Lipinski definition) is 2. The molecule has 1 aliphatic carbocycles. The Morgan fingerprint density at radius 1 is 1.12 bits per heavy atom. The van der Waals surface area contributed by atoms with Gasteiger partial charge in [0.15, 0.2) is 11.5 Å². The fourth-order valence-corrected chi connectivity index (χ4v) is 5.72. The van der Waals surface area contributed by atoms with Gasteiger partial charge in [-0.2, -0.15) is 15.3 Å². The van der Waals surface area contributed by atoms with E-state index in [-0.39, 0.29) is 11.9 Å². The molecule has 4 aromatic rings. The van der Waals surface area contributed by atoms with Gasteiger partial charge < -0.3 is 15.0 Å². The number of H-pyrrole nitrogens is 1. The highest BCUT2D eigenvalue weighted by molar-refractivity contribution is 6.10. The third kappa shape index (κ3) is 4.55. The minimum atomic E-state index is -0.449. The molecule has 6 rings (SSSR count). The van der Waals surface area contributed by atoms with Crippen molar-refractivity contribution in [1.29, 1.82) is 5.26 Å². The van der Waals surface area contributed by atoms with E-state index in [0.29, 0.717) is 52.6 Å². The molecule has 11 heteroatoms. The van der Waals surface area contributed by atoms with Crippen LogP contribution in [0.2, 0.25) is 0 Å². The number of amides is 1. The van der Waals surface area contributed by atoms with Gasteiger partial charge in [0.25, 0.3) is 5.91 Å². The second kappa shape index (κ2) is 10.4. The van der Waals surface area contributed by atoms with Crippen LogP contribution in [0.4, 0.5) is 28.8 Å². The number of rotatable bonds is 6. The van der Waals surface area contributed by atoms with Gasteiger partial charge in [0, 0.05) is 11.4 Å². The summed E-state index contributed by atoms with van der Waals surface area (Å²) in [6, 6.07) is 9.09. The lowest BCUT2D eigenvalue weighted by atomic mass is 9.85. The molecular formula is C29H31N9O2. The zero-order chi connectivity index (χ0) is 27.8. The highest BCUT2D eigenvalue weighted by atomic mass is 16.5. The van der Waals surface area contributed by atoms with E-state index in [4.69, 9.17) is 9.72 Å². The molecule has 3 aromatic heterocycles. The van der Waals surface area contributed by atoms with E-state index >= 15 is 0 Å². The summed E-state index contributed by atoms with van der Waals surface area (Å²) in [5.74, 6) is 2.17. The fraction of sp³-hybridized carbons (Fsp3) is 0.379. The van der Waals surface area contributed by atoms with Crippen LogP contribution >= 0.6 is 0 Å². The topological polar surface area (TPSA) is 136 Å². The van der Waals surface area contributed by atoms with Crippen molar-refractivity contribution in [3.05, 3.63) is 48.4 Å². The Kier molecular flexibility index (Phi) is 6.67. The summed E-state index contributed by atoms with van der Waals surface area (Å²) in [5, 5.41) is 20.8. The predicted octanol–water partition coefficient (Wildman–Crippen LogP) is 5.21. The Labute approximate surface area is 232 Å². The molecule has 1 aliphatic heterocycles. The average molecular weight is 538 g/mol. The molecule has 1 atom stereocenters. The Bertz CT molecular complexity index is 1600. The van der Waals surface area contributed by atoms with E-state index < -0.39 is 6.04 Å². The maximum absolute atomic E-state index is 14.0. The quantitative estimate of drug-likeness (QED) is 0.339. The van der Waals surface area contributed by atoms with Gasteiger partial charge in [-0.1, -0.05) is 6.92 Å².